The Hall–Kier alpha value is -1.68. The fraction of sp³-hybridized carbons (Fsp3) is 0.429. The van der Waals surface area contributed by atoms with Crippen LogP contribution in [-0.4, -0.2) is 22.6 Å². The third-order valence-corrected chi connectivity index (χ3v) is 3.68. The molecule has 0 bridgehead atoms. The zero-order chi connectivity index (χ0) is 12.5. The average Bonchev–Trinajstić information content (AvgIpc) is 2.41. The molecule has 0 saturated carbocycles. The molecule has 1 saturated heterocycles. The fourth-order valence-electron chi connectivity index (χ4n) is 2.65. The van der Waals surface area contributed by atoms with Crippen LogP contribution in [0.3, 0.4) is 0 Å². The first-order valence-corrected chi connectivity index (χ1v) is 6.44. The smallest absolute Gasteiger partial charge is 0.261 e. The molecule has 0 radical (unpaired) electrons. The normalized spacial score (nSPS) is 20.2. The molecule has 1 aromatic heterocycles. The van der Waals surface area contributed by atoms with Crippen LogP contribution >= 0.6 is 0 Å². The molecular weight excluding hydrogens is 226 g/mol. The topological polar surface area (TPSA) is 46.9 Å². The molecule has 1 N–H and O–H groups in total. The van der Waals surface area contributed by atoms with Gasteiger partial charge < -0.3 is 5.32 Å². The lowest BCUT2D eigenvalue weighted by atomic mass is 10.1. The van der Waals surface area contributed by atoms with E-state index >= 15 is 0 Å². The summed E-state index contributed by atoms with van der Waals surface area (Å²) in [5.74, 6) is 0. The summed E-state index contributed by atoms with van der Waals surface area (Å²) in [7, 11) is 0. The third-order valence-electron chi connectivity index (χ3n) is 3.68. The molecule has 1 fully saturated rings. The van der Waals surface area contributed by atoms with Crippen molar-refractivity contribution in [1.29, 1.82) is 0 Å². The maximum atomic E-state index is 12.5. The zero-order valence-corrected chi connectivity index (χ0v) is 10.5. The van der Waals surface area contributed by atoms with Crippen molar-refractivity contribution in [2.75, 3.05) is 13.1 Å². The predicted molar refractivity (Wildman–Crippen MR) is 71.9 cm³/mol. The predicted octanol–water partition coefficient (Wildman–Crippen LogP) is 1.63. The first kappa shape index (κ1) is 11.4. The molecule has 0 aliphatic carbocycles. The highest BCUT2D eigenvalue weighted by atomic mass is 16.1. The molecule has 1 atom stereocenters. The lowest BCUT2D eigenvalue weighted by molar-refractivity contribution is 0.363. The van der Waals surface area contributed by atoms with Crippen molar-refractivity contribution in [3.8, 4) is 0 Å². The van der Waals surface area contributed by atoms with Crippen molar-refractivity contribution in [2.24, 2.45) is 0 Å². The van der Waals surface area contributed by atoms with E-state index in [0.29, 0.717) is 0 Å². The monoisotopic (exact) mass is 243 g/mol. The minimum atomic E-state index is 0.0809. The van der Waals surface area contributed by atoms with E-state index in [1.165, 1.54) is 0 Å². The average molecular weight is 243 g/mol. The molecule has 1 unspecified atom stereocenters. The van der Waals surface area contributed by atoms with Crippen LogP contribution in [0.4, 0.5) is 0 Å². The number of piperidine rings is 1. The molecule has 4 heteroatoms. The SMILES string of the molecule is Cc1cccc2c(=O)n(C3CCCNC3)cnc12. The fourth-order valence-corrected chi connectivity index (χ4v) is 2.65. The van der Waals surface area contributed by atoms with Gasteiger partial charge >= 0.3 is 0 Å². The van der Waals surface area contributed by atoms with Gasteiger partial charge in [-0.05, 0) is 37.9 Å². The highest BCUT2D eigenvalue weighted by molar-refractivity contribution is 5.80. The van der Waals surface area contributed by atoms with Crippen LogP contribution in [0.5, 0.6) is 0 Å². The van der Waals surface area contributed by atoms with Crippen LogP contribution in [0.25, 0.3) is 10.9 Å². The van der Waals surface area contributed by atoms with E-state index in [0.717, 1.165) is 42.4 Å². The molecule has 1 aromatic carbocycles. The highest BCUT2D eigenvalue weighted by Gasteiger charge is 2.17. The Labute approximate surface area is 106 Å². The minimum Gasteiger partial charge on any atom is -0.315 e. The van der Waals surface area contributed by atoms with Crippen molar-refractivity contribution < 1.29 is 0 Å². The van der Waals surface area contributed by atoms with Gasteiger partial charge in [-0.1, -0.05) is 12.1 Å². The standard InChI is InChI=1S/C14H17N3O/c1-10-4-2-6-12-13(10)16-9-17(14(12)18)11-5-3-7-15-8-11/h2,4,6,9,11,15H,3,5,7-8H2,1H3. The quantitative estimate of drug-likeness (QED) is 0.828. The molecule has 2 heterocycles. The van der Waals surface area contributed by atoms with Crippen LogP contribution in [0.2, 0.25) is 0 Å². The number of benzene rings is 1. The Bertz CT molecular complexity index is 626. The van der Waals surface area contributed by atoms with Gasteiger partial charge in [-0.25, -0.2) is 4.98 Å². The van der Waals surface area contributed by atoms with Crippen molar-refractivity contribution in [1.82, 2.24) is 14.9 Å². The Kier molecular flexibility index (Phi) is 2.88. The second-order valence-corrected chi connectivity index (χ2v) is 4.93. The van der Waals surface area contributed by atoms with E-state index in [2.05, 4.69) is 10.3 Å². The Balaban J connectivity index is 2.14. The van der Waals surface area contributed by atoms with Gasteiger partial charge in [-0.2, -0.15) is 0 Å². The first-order valence-electron chi connectivity index (χ1n) is 6.44. The number of para-hydroxylation sites is 1. The third kappa shape index (κ3) is 1.82. The number of nitrogens with zero attached hydrogens (tertiary/aromatic N) is 2. The summed E-state index contributed by atoms with van der Waals surface area (Å²) < 4.78 is 1.79. The van der Waals surface area contributed by atoms with E-state index < -0.39 is 0 Å². The summed E-state index contributed by atoms with van der Waals surface area (Å²) in [5.41, 5.74) is 1.96. The number of rotatable bonds is 1. The maximum Gasteiger partial charge on any atom is 0.261 e. The van der Waals surface area contributed by atoms with Crippen LogP contribution in [0.1, 0.15) is 24.4 Å². The summed E-state index contributed by atoms with van der Waals surface area (Å²) in [6.45, 7) is 3.89. The second kappa shape index (κ2) is 4.53. The molecule has 2 aromatic rings. The number of nitrogens with one attached hydrogen (secondary N) is 1. The molecule has 1 aliphatic rings. The Morgan fingerprint density at radius 2 is 2.33 bits per heavy atom. The van der Waals surface area contributed by atoms with Crippen molar-refractivity contribution >= 4 is 10.9 Å². The van der Waals surface area contributed by atoms with Gasteiger partial charge in [0.1, 0.15) is 0 Å². The van der Waals surface area contributed by atoms with E-state index in [1.807, 2.05) is 25.1 Å². The Morgan fingerprint density at radius 3 is 3.11 bits per heavy atom. The van der Waals surface area contributed by atoms with Gasteiger partial charge in [-0.15, -0.1) is 0 Å². The molecule has 0 spiro atoms. The van der Waals surface area contributed by atoms with Gasteiger partial charge in [-0.3, -0.25) is 9.36 Å². The van der Waals surface area contributed by atoms with Gasteiger partial charge in [0.15, 0.2) is 0 Å². The van der Waals surface area contributed by atoms with Crippen molar-refractivity contribution in [3.63, 3.8) is 0 Å². The minimum absolute atomic E-state index is 0.0809. The molecule has 1 aliphatic heterocycles. The summed E-state index contributed by atoms with van der Waals surface area (Å²) in [6.07, 6.45) is 3.87. The number of fused-ring (bicyclic) bond motifs is 1. The largest absolute Gasteiger partial charge is 0.315 e. The number of hydrogen-bond acceptors (Lipinski definition) is 3. The van der Waals surface area contributed by atoms with Gasteiger partial charge in [0.05, 0.1) is 23.3 Å². The first-order chi connectivity index (χ1) is 8.77. The summed E-state index contributed by atoms with van der Waals surface area (Å²) in [5, 5.41) is 4.06. The van der Waals surface area contributed by atoms with Crippen LogP contribution in [0.15, 0.2) is 29.3 Å². The number of aryl methyl sites for hydroxylation is 1. The van der Waals surface area contributed by atoms with Gasteiger partial charge in [0.2, 0.25) is 0 Å². The Morgan fingerprint density at radius 1 is 1.44 bits per heavy atom. The summed E-state index contributed by atoms with van der Waals surface area (Å²) in [4.78, 5) is 16.9. The van der Waals surface area contributed by atoms with Crippen molar-refractivity contribution in [3.05, 3.63) is 40.4 Å². The molecule has 4 nitrogen and oxygen atoms in total. The lowest BCUT2D eigenvalue weighted by Crippen LogP contribution is -2.36. The zero-order valence-electron chi connectivity index (χ0n) is 10.5. The maximum absolute atomic E-state index is 12.5. The lowest BCUT2D eigenvalue weighted by Gasteiger charge is -2.24. The summed E-state index contributed by atoms with van der Waals surface area (Å²) in [6, 6.07) is 6.01. The van der Waals surface area contributed by atoms with Crippen LogP contribution in [-0.2, 0) is 0 Å². The second-order valence-electron chi connectivity index (χ2n) is 4.93. The van der Waals surface area contributed by atoms with Gasteiger partial charge in [0.25, 0.3) is 5.56 Å². The van der Waals surface area contributed by atoms with E-state index in [-0.39, 0.29) is 11.6 Å². The number of hydrogen-bond donors (Lipinski definition) is 1. The van der Waals surface area contributed by atoms with E-state index in [9.17, 15) is 4.79 Å². The van der Waals surface area contributed by atoms with E-state index in [1.54, 1.807) is 10.9 Å². The van der Waals surface area contributed by atoms with Crippen LogP contribution in [0, 0.1) is 6.92 Å². The molecule has 18 heavy (non-hydrogen) atoms. The molecule has 3 rings (SSSR count). The van der Waals surface area contributed by atoms with Gasteiger partial charge in [0, 0.05) is 6.54 Å². The number of aromatic nitrogens is 2. The molecule has 0 amide bonds. The van der Waals surface area contributed by atoms with Crippen molar-refractivity contribution in [2.45, 2.75) is 25.8 Å². The van der Waals surface area contributed by atoms with Crippen LogP contribution < -0.4 is 10.9 Å². The molecule has 94 valence electrons. The highest BCUT2D eigenvalue weighted by Crippen LogP contribution is 2.17. The summed E-state index contributed by atoms with van der Waals surface area (Å²) >= 11 is 0. The van der Waals surface area contributed by atoms with E-state index in [4.69, 9.17) is 0 Å². The molecular formula is C14H17N3O.